The molecule has 0 heterocycles. The van der Waals surface area contributed by atoms with E-state index in [9.17, 15) is 4.39 Å². The Balaban J connectivity index is 1.64. The van der Waals surface area contributed by atoms with Crippen molar-refractivity contribution in [3.63, 3.8) is 0 Å². The number of halogens is 1. The van der Waals surface area contributed by atoms with Crippen LogP contribution in [0, 0.1) is 23.6 Å². The molecule has 1 aromatic carbocycles. The SMILES string of the molecule is CCC[C@@H]1CC[C@@H]2C[C@H](c3ccc(OC)c(F)c3)CC[C@@H]2C1. The quantitative estimate of drug-likeness (QED) is 0.669. The van der Waals surface area contributed by atoms with Crippen LogP contribution in [-0.4, -0.2) is 7.11 Å². The number of hydrogen-bond acceptors (Lipinski definition) is 1. The van der Waals surface area contributed by atoms with Crippen LogP contribution in [0.3, 0.4) is 0 Å². The first-order valence-electron chi connectivity index (χ1n) is 9.04. The molecule has 0 aromatic heterocycles. The molecule has 1 nitrogen and oxygen atoms in total. The predicted molar refractivity (Wildman–Crippen MR) is 88.8 cm³/mol. The molecule has 1 aromatic rings. The van der Waals surface area contributed by atoms with Gasteiger partial charge in [0.25, 0.3) is 0 Å². The Morgan fingerprint density at radius 2 is 1.86 bits per heavy atom. The summed E-state index contributed by atoms with van der Waals surface area (Å²) in [7, 11) is 1.53. The van der Waals surface area contributed by atoms with Crippen LogP contribution in [0.1, 0.15) is 69.8 Å². The Bertz CT molecular complexity index is 498. The van der Waals surface area contributed by atoms with Gasteiger partial charge in [0.2, 0.25) is 0 Å². The van der Waals surface area contributed by atoms with E-state index in [0.29, 0.717) is 11.7 Å². The van der Waals surface area contributed by atoms with Gasteiger partial charge in [-0.1, -0.05) is 32.3 Å². The van der Waals surface area contributed by atoms with Gasteiger partial charge in [-0.25, -0.2) is 4.39 Å². The van der Waals surface area contributed by atoms with Gasteiger partial charge < -0.3 is 4.74 Å². The van der Waals surface area contributed by atoms with Gasteiger partial charge in [0, 0.05) is 0 Å². The van der Waals surface area contributed by atoms with Crippen LogP contribution in [0.2, 0.25) is 0 Å². The summed E-state index contributed by atoms with van der Waals surface area (Å²) >= 11 is 0. The van der Waals surface area contributed by atoms with Crippen LogP contribution >= 0.6 is 0 Å². The summed E-state index contributed by atoms with van der Waals surface area (Å²) < 4.78 is 19.0. The van der Waals surface area contributed by atoms with Gasteiger partial charge in [-0.3, -0.25) is 0 Å². The number of benzene rings is 1. The zero-order valence-electron chi connectivity index (χ0n) is 14.0. The number of fused-ring (bicyclic) bond motifs is 1. The third kappa shape index (κ3) is 3.31. The highest BCUT2D eigenvalue weighted by atomic mass is 19.1. The van der Waals surface area contributed by atoms with Gasteiger partial charge in [-0.15, -0.1) is 0 Å². The molecule has 0 radical (unpaired) electrons. The van der Waals surface area contributed by atoms with E-state index >= 15 is 0 Å². The van der Waals surface area contributed by atoms with Crippen molar-refractivity contribution in [3.8, 4) is 5.75 Å². The van der Waals surface area contributed by atoms with Gasteiger partial charge in [0.05, 0.1) is 7.11 Å². The van der Waals surface area contributed by atoms with Crippen molar-refractivity contribution in [3.05, 3.63) is 29.6 Å². The van der Waals surface area contributed by atoms with E-state index in [2.05, 4.69) is 13.0 Å². The van der Waals surface area contributed by atoms with E-state index in [4.69, 9.17) is 4.74 Å². The maximum absolute atomic E-state index is 13.9. The van der Waals surface area contributed by atoms with Crippen LogP contribution < -0.4 is 4.74 Å². The van der Waals surface area contributed by atoms with E-state index in [1.54, 1.807) is 12.1 Å². The monoisotopic (exact) mass is 304 g/mol. The van der Waals surface area contributed by atoms with Crippen molar-refractivity contribution < 1.29 is 9.13 Å². The minimum Gasteiger partial charge on any atom is -0.494 e. The van der Waals surface area contributed by atoms with Crippen LogP contribution in [0.4, 0.5) is 4.39 Å². The van der Waals surface area contributed by atoms with Crippen LogP contribution in [0.15, 0.2) is 18.2 Å². The molecular weight excluding hydrogens is 275 g/mol. The highest BCUT2D eigenvalue weighted by Gasteiger charge is 2.35. The smallest absolute Gasteiger partial charge is 0.165 e. The summed E-state index contributed by atoms with van der Waals surface area (Å²) in [5, 5.41) is 0. The topological polar surface area (TPSA) is 9.23 Å². The first-order valence-corrected chi connectivity index (χ1v) is 9.04. The molecule has 0 N–H and O–H groups in total. The minimum atomic E-state index is -0.214. The van der Waals surface area contributed by atoms with E-state index in [1.165, 1.54) is 64.0 Å². The van der Waals surface area contributed by atoms with Crippen molar-refractivity contribution in [2.24, 2.45) is 17.8 Å². The average Bonchev–Trinajstić information content (AvgIpc) is 2.54. The Hall–Kier alpha value is -1.05. The van der Waals surface area contributed by atoms with Gasteiger partial charge in [-0.2, -0.15) is 0 Å². The lowest BCUT2D eigenvalue weighted by Crippen LogP contribution is -2.30. The molecule has 2 aliphatic carbocycles. The van der Waals surface area contributed by atoms with E-state index in [-0.39, 0.29) is 5.82 Å². The second-order valence-corrected chi connectivity index (χ2v) is 7.39. The molecule has 0 unspecified atom stereocenters. The third-order valence-electron chi connectivity index (χ3n) is 6.07. The molecule has 0 aliphatic heterocycles. The van der Waals surface area contributed by atoms with Gasteiger partial charge in [0.1, 0.15) is 0 Å². The van der Waals surface area contributed by atoms with Gasteiger partial charge >= 0.3 is 0 Å². The molecule has 2 saturated carbocycles. The van der Waals surface area contributed by atoms with Crippen molar-refractivity contribution in [2.75, 3.05) is 7.11 Å². The van der Waals surface area contributed by atoms with Crippen molar-refractivity contribution in [2.45, 2.75) is 64.2 Å². The molecular formula is C20H29FO. The second-order valence-electron chi connectivity index (χ2n) is 7.39. The zero-order chi connectivity index (χ0) is 15.5. The largest absolute Gasteiger partial charge is 0.494 e. The highest BCUT2D eigenvalue weighted by molar-refractivity contribution is 5.31. The lowest BCUT2D eigenvalue weighted by molar-refractivity contribution is 0.114. The number of hydrogen-bond donors (Lipinski definition) is 0. The van der Waals surface area contributed by atoms with Crippen LogP contribution in [0.25, 0.3) is 0 Å². The van der Waals surface area contributed by atoms with Gasteiger partial charge in [0.15, 0.2) is 11.6 Å². The zero-order valence-corrected chi connectivity index (χ0v) is 14.0. The fourth-order valence-corrected chi connectivity index (χ4v) is 4.90. The summed E-state index contributed by atoms with van der Waals surface area (Å²) in [6.45, 7) is 2.31. The predicted octanol–water partition coefficient (Wildman–Crippen LogP) is 5.93. The molecule has 2 fully saturated rings. The molecule has 0 saturated heterocycles. The number of methoxy groups -OCH3 is 1. The van der Waals surface area contributed by atoms with Crippen molar-refractivity contribution in [1.29, 1.82) is 0 Å². The lowest BCUT2D eigenvalue weighted by Gasteiger charge is -2.42. The molecule has 4 atom stereocenters. The van der Waals surface area contributed by atoms with Crippen molar-refractivity contribution >= 4 is 0 Å². The van der Waals surface area contributed by atoms with Gasteiger partial charge in [-0.05, 0) is 73.5 Å². The van der Waals surface area contributed by atoms with Crippen molar-refractivity contribution in [1.82, 2.24) is 0 Å². The molecule has 22 heavy (non-hydrogen) atoms. The lowest BCUT2D eigenvalue weighted by atomic mass is 9.63. The second kappa shape index (κ2) is 7.02. The molecule has 122 valence electrons. The Morgan fingerprint density at radius 3 is 2.59 bits per heavy atom. The molecule has 0 spiro atoms. The summed E-state index contributed by atoms with van der Waals surface area (Å²) in [6.07, 6.45) is 10.8. The Kier molecular flexibility index (Phi) is 5.05. The van der Waals surface area contributed by atoms with Crippen LogP contribution in [0.5, 0.6) is 5.75 Å². The molecule has 2 heteroatoms. The fraction of sp³-hybridized carbons (Fsp3) is 0.700. The number of ether oxygens (including phenoxy) is 1. The highest BCUT2D eigenvalue weighted by Crippen LogP contribution is 2.48. The van der Waals surface area contributed by atoms with Crippen LogP contribution in [-0.2, 0) is 0 Å². The first-order chi connectivity index (χ1) is 10.7. The summed E-state index contributed by atoms with van der Waals surface area (Å²) in [6, 6.07) is 5.55. The molecule has 3 rings (SSSR count). The fourth-order valence-electron chi connectivity index (χ4n) is 4.90. The third-order valence-corrected chi connectivity index (χ3v) is 6.07. The number of rotatable bonds is 4. The summed E-state index contributed by atoms with van der Waals surface area (Å²) in [5.41, 5.74) is 1.17. The van der Waals surface area contributed by atoms with E-state index < -0.39 is 0 Å². The van der Waals surface area contributed by atoms with E-state index in [1.807, 2.05) is 0 Å². The maximum atomic E-state index is 13.9. The van der Waals surface area contributed by atoms with E-state index in [0.717, 1.165) is 17.8 Å². The molecule has 2 aliphatic rings. The average molecular weight is 304 g/mol. The standard InChI is InChI=1S/C20H29FO/c1-3-4-14-5-6-16-12-17(8-7-15(16)11-14)18-9-10-20(22-2)19(21)13-18/h9-10,13-17H,3-8,11-12H2,1-2H3/t14-,15-,16-,17-/m1/s1. The maximum Gasteiger partial charge on any atom is 0.165 e. The Labute approximate surface area is 134 Å². The summed E-state index contributed by atoms with van der Waals surface area (Å²) in [4.78, 5) is 0. The Morgan fingerprint density at radius 1 is 1.09 bits per heavy atom. The minimum absolute atomic E-state index is 0.214. The molecule has 0 amide bonds. The first kappa shape index (κ1) is 15.8. The normalized spacial score (nSPS) is 31.6. The molecule has 0 bridgehead atoms. The summed E-state index contributed by atoms with van der Waals surface area (Å²) in [5.74, 6) is 3.47.